The van der Waals surface area contributed by atoms with Gasteiger partial charge in [0.05, 0.1) is 22.1 Å². The van der Waals surface area contributed by atoms with Crippen LogP contribution in [0.5, 0.6) is 0 Å². The van der Waals surface area contributed by atoms with Crippen LogP contribution in [0.25, 0.3) is 105 Å². The summed E-state index contributed by atoms with van der Waals surface area (Å²) in [7, 11) is 0. The molecule has 274 valence electrons. The minimum Gasteiger partial charge on any atom is -0.456 e. The maximum atomic E-state index is 6.09. The number of rotatable bonds is 7. The minimum absolute atomic E-state index is 0.912. The number of fused-ring (bicyclic) bond motifs is 9. The normalized spacial score (nSPS) is 12.5. The van der Waals surface area contributed by atoms with E-state index < -0.39 is 0 Å². The highest BCUT2D eigenvalue weighted by molar-refractivity contribution is 6.13. The summed E-state index contributed by atoms with van der Waals surface area (Å²) >= 11 is 0. The van der Waals surface area contributed by atoms with Crippen molar-refractivity contribution < 1.29 is 4.42 Å². The molecule has 0 fully saturated rings. The van der Waals surface area contributed by atoms with E-state index in [1.807, 2.05) is 18.2 Å². The van der Waals surface area contributed by atoms with Gasteiger partial charge in [-0.3, -0.25) is 0 Å². The van der Waals surface area contributed by atoms with Gasteiger partial charge in [-0.05, 0) is 119 Å². The highest BCUT2D eigenvalue weighted by Gasteiger charge is 2.17. The van der Waals surface area contributed by atoms with Gasteiger partial charge in [0, 0.05) is 43.7 Å². The second-order valence-electron chi connectivity index (χ2n) is 15.0. The minimum atomic E-state index is 0.912. The van der Waals surface area contributed by atoms with E-state index in [1.54, 1.807) is 0 Å². The molecule has 58 heavy (non-hydrogen) atoms. The molecule has 11 rings (SSSR count). The van der Waals surface area contributed by atoms with Crippen molar-refractivity contribution in [2.75, 3.05) is 0 Å². The van der Waals surface area contributed by atoms with Gasteiger partial charge in [-0.1, -0.05) is 128 Å². The molecule has 0 unspecified atom stereocenters. The monoisotopic (exact) mass is 742 g/mol. The highest BCUT2D eigenvalue weighted by atomic mass is 16.3. The molecule has 3 aromatic heterocycles. The van der Waals surface area contributed by atoms with Gasteiger partial charge in [0.15, 0.2) is 0 Å². The van der Waals surface area contributed by atoms with Gasteiger partial charge in [-0.25, -0.2) is 0 Å². The van der Waals surface area contributed by atoms with Gasteiger partial charge in [-0.2, -0.15) is 0 Å². The molecule has 0 radical (unpaired) electrons. The largest absolute Gasteiger partial charge is 0.456 e. The van der Waals surface area contributed by atoms with Crippen LogP contribution in [0.2, 0.25) is 0 Å². The third-order valence-corrected chi connectivity index (χ3v) is 11.7. The van der Waals surface area contributed by atoms with Gasteiger partial charge in [-0.15, -0.1) is 0 Å². The molecule has 3 heterocycles. The summed E-state index contributed by atoms with van der Waals surface area (Å²) in [5.74, 6) is 0. The Labute approximate surface area is 336 Å². The van der Waals surface area contributed by atoms with Gasteiger partial charge >= 0.3 is 0 Å². The lowest BCUT2D eigenvalue weighted by atomic mass is 10.0. The Morgan fingerprint density at radius 2 is 0.966 bits per heavy atom. The molecular formula is C55H38N2O. The predicted octanol–water partition coefficient (Wildman–Crippen LogP) is 15.3. The van der Waals surface area contributed by atoms with Crippen LogP contribution in [-0.2, 0) is 0 Å². The molecule has 8 aromatic carbocycles. The van der Waals surface area contributed by atoms with Crippen LogP contribution in [0, 0.1) is 0 Å². The molecule has 0 saturated heterocycles. The molecule has 0 aliphatic rings. The summed E-state index contributed by atoms with van der Waals surface area (Å²) in [6.45, 7) is 6.39. The number of furan rings is 1. The molecule has 3 nitrogen and oxygen atoms in total. The van der Waals surface area contributed by atoms with Crippen LogP contribution >= 0.6 is 0 Å². The van der Waals surface area contributed by atoms with Crippen molar-refractivity contribution in [3.05, 3.63) is 212 Å². The molecule has 0 bridgehead atoms. The van der Waals surface area contributed by atoms with Crippen molar-refractivity contribution in [1.29, 1.82) is 0 Å². The summed E-state index contributed by atoms with van der Waals surface area (Å²) in [6.07, 6.45) is 6.31. The Kier molecular flexibility index (Phi) is 7.87. The number of hydrogen-bond donors (Lipinski definition) is 0. The second-order valence-corrected chi connectivity index (χ2v) is 15.0. The molecule has 3 heteroatoms. The van der Waals surface area contributed by atoms with E-state index in [9.17, 15) is 0 Å². The van der Waals surface area contributed by atoms with E-state index in [4.69, 9.17) is 4.42 Å². The SMILES string of the molecule is C=C/C(=C\C=C(/C)c1ccccc1)n1c2ccccc2c2cc(-c3ccc4c(c3)c3ccccc3n4-c3ccc(-c4ccc5oc6ccccc6c5c4)cc3)ccc21. The number of nitrogens with zero attached hydrogens (tertiary/aromatic N) is 2. The lowest BCUT2D eigenvalue weighted by Gasteiger charge is -2.10. The van der Waals surface area contributed by atoms with Crippen molar-refractivity contribution in [2.24, 2.45) is 0 Å². The van der Waals surface area contributed by atoms with Crippen LogP contribution in [0.1, 0.15) is 12.5 Å². The summed E-state index contributed by atoms with van der Waals surface area (Å²) in [4.78, 5) is 0. The first-order valence-electron chi connectivity index (χ1n) is 19.8. The maximum absolute atomic E-state index is 6.09. The topological polar surface area (TPSA) is 23.0 Å². The predicted molar refractivity (Wildman–Crippen MR) is 246 cm³/mol. The number of allylic oxidation sites excluding steroid dienone is 5. The number of hydrogen-bond acceptors (Lipinski definition) is 1. The van der Waals surface area contributed by atoms with E-state index in [1.165, 1.54) is 66.0 Å². The van der Waals surface area contributed by atoms with Crippen LogP contribution in [0.3, 0.4) is 0 Å². The Balaban J connectivity index is 0.985. The first-order chi connectivity index (χ1) is 28.6. The molecule has 0 aliphatic carbocycles. The third-order valence-electron chi connectivity index (χ3n) is 11.7. The molecule has 0 atom stereocenters. The Bertz CT molecular complexity index is 3460. The third kappa shape index (κ3) is 5.43. The van der Waals surface area contributed by atoms with Gasteiger partial charge in [0.2, 0.25) is 0 Å². The van der Waals surface area contributed by atoms with Crippen LogP contribution in [0.15, 0.2) is 211 Å². The Morgan fingerprint density at radius 3 is 1.72 bits per heavy atom. The highest BCUT2D eigenvalue weighted by Crippen LogP contribution is 2.39. The summed E-state index contributed by atoms with van der Waals surface area (Å²) in [5, 5.41) is 7.18. The fourth-order valence-corrected chi connectivity index (χ4v) is 8.81. The summed E-state index contributed by atoms with van der Waals surface area (Å²) < 4.78 is 10.8. The van der Waals surface area contributed by atoms with Crippen molar-refractivity contribution >= 4 is 76.8 Å². The quantitative estimate of drug-likeness (QED) is 0.149. The van der Waals surface area contributed by atoms with Crippen LogP contribution < -0.4 is 0 Å². The van der Waals surface area contributed by atoms with Crippen LogP contribution in [0.4, 0.5) is 0 Å². The van der Waals surface area contributed by atoms with E-state index in [2.05, 4.69) is 205 Å². The fourth-order valence-electron chi connectivity index (χ4n) is 8.81. The molecule has 0 saturated carbocycles. The zero-order chi connectivity index (χ0) is 38.7. The molecular weight excluding hydrogens is 705 g/mol. The molecule has 0 spiro atoms. The average molecular weight is 743 g/mol. The first-order valence-corrected chi connectivity index (χ1v) is 19.8. The standard InChI is InChI=1S/C55H38N2O/c1-3-42(27-21-36(2)37-13-5-4-6-14-37)56-50-18-10-7-15-44(50)47-33-40(24-30-52(47)56)41-25-31-53-48(34-41)45-16-8-11-19-51(45)57(53)43-28-22-38(23-29-43)39-26-32-55-49(35-39)46-17-9-12-20-54(46)58-55/h3-35H,1H2,2H3/b36-21+,42-27+. The molecule has 0 aliphatic heterocycles. The van der Waals surface area contributed by atoms with E-state index in [0.29, 0.717) is 0 Å². The molecule has 0 amide bonds. The zero-order valence-corrected chi connectivity index (χ0v) is 32.1. The van der Waals surface area contributed by atoms with Gasteiger partial charge < -0.3 is 13.6 Å². The lowest BCUT2D eigenvalue weighted by molar-refractivity contribution is 0.669. The number of benzene rings is 8. The van der Waals surface area contributed by atoms with Gasteiger partial charge in [0.25, 0.3) is 0 Å². The Morgan fingerprint density at radius 1 is 0.448 bits per heavy atom. The lowest BCUT2D eigenvalue weighted by Crippen LogP contribution is -1.94. The summed E-state index contributed by atoms with van der Waals surface area (Å²) in [5.41, 5.74) is 15.8. The van der Waals surface area contributed by atoms with Crippen molar-refractivity contribution in [3.63, 3.8) is 0 Å². The van der Waals surface area contributed by atoms with Crippen molar-refractivity contribution in [2.45, 2.75) is 6.92 Å². The van der Waals surface area contributed by atoms with E-state index >= 15 is 0 Å². The van der Waals surface area contributed by atoms with Crippen molar-refractivity contribution in [3.8, 4) is 27.9 Å². The Hall–Kier alpha value is -7.62. The fraction of sp³-hybridized carbons (Fsp3) is 0.0182. The molecule has 11 aromatic rings. The van der Waals surface area contributed by atoms with Gasteiger partial charge in [0.1, 0.15) is 11.2 Å². The zero-order valence-electron chi connectivity index (χ0n) is 32.1. The molecule has 0 N–H and O–H groups in total. The van der Waals surface area contributed by atoms with E-state index in [-0.39, 0.29) is 0 Å². The smallest absolute Gasteiger partial charge is 0.135 e. The van der Waals surface area contributed by atoms with Crippen LogP contribution in [-0.4, -0.2) is 9.13 Å². The van der Waals surface area contributed by atoms with Crippen molar-refractivity contribution in [1.82, 2.24) is 9.13 Å². The van der Waals surface area contributed by atoms with E-state index in [0.717, 1.165) is 44.4 Å². The first kappa shape index (κ1) is 33.7. The summed E-state index contributed by atoms with van der Waals surface area (Å²) in [6, 6.07) is 65.3. The number of aromatic nitrogens is 2. The average Bonchev–Trinajstić information content (AvgIpc) is 3.94. The number of para-hydroxylation sites is 3. The second kappa shape index (κ2) is 13.5. The maximum Gasteiger partial charge on any atom is 0.135 e.